The Kier molecular flexibility index (Phi) is 6.71. The number of hydrogen-bond acceptors (Lipinski definition) is 6. The van der Waals surface area contributed by atoms with Crippen LogP contribution in [0.15, 0.2) is 72.4 Å². The molecular weight excluding hydrogens is 509 g/mol. The highest BCUT2D eigenvalue weighted by Crippen LogP contribution is 2.36. The van der Waals surface area contributed by atoms with Gasteiger partial charge >= 0.3 is 15.5 Å². The van der Waals surface area contributed by atoms with E-state index in [-0.39, 0.29) is 13.1 Å². The number of nitrogens with zero attached hydrogens (tertiary/aromatic N) is 4. The van der Waals surface area contributed by atoms with Gasteiger partial charge in [0.25, 0.3) is 0 Å². The van der Waals surface area contributed by atoms with Crippen molar-refractivity contribution in [3.63, 3.8) is 0 Å². The fourth-order valence-corrected chi connectivity index (χ4v) is 6.14. The number of hydrogen-bond donors (Lipinski definition) is 0. The number of anilines is 1. The summed E-state index contributed by atoms with van der Waals surface area (Å²) in [5.41, 5.74) is 0.119. The topological polar surface area (TPSA) is 66.4 Å². The summed E-state index contributed by atoms with van der Waals surface area (Å²) in [6.07, 6.45) is 2.79. The van der Waals surface area contributed by atoms with E-state index in [2.05, 4.69) is 9.97 Å². The number of benzene rings is 2. The van der Waals surface area contributed by atoms with E-state index < -0.39 is 21.6 Å². The number of alkyl halides is 3. The van der Waals surface area contributed by atoms with Gasteiger partial charge in [0.2, 0.25) is 0 Å². The normalized spacial score (nSPS) is 17.2. The minimum absolute atomic E-state index is 0.289. The highest BCUT2D eigenvalue weighted by atomic mass is 32.2. The van der Waals surface area contributed by atoms with E-state index in [1.54, 1.807) is 23.8 Å². The Bertz CT molecular complexity index is 1460. The maximum absolute atomic E-state index is 13.6. The first kappa shape index (κ1) is 24.7. The molecule has 1 atom stereocenters. The fourth-order valence-electron chi connectivity index (χ4n) is 4.54. The molecule has 2 aromatic heterocycles. The van der Waals surface area contributed by atoms with Crippen molar-refractivity contribution >= 4 is 37.3 Å². The lowest BCUT2D eigenvalue weighted by Gasteiger charge is -2.34. The van der Waals surface area contributed by atoms with Gasteiger partial charge in [-0.2, -0.15) is 17.5 Å². The number of para-hydroxylation sites is 1. The van der Waals surface area contributed by atoms with Gasteiger partial charge in [-0.05, 0) is 36.1 Å². The third-order valence-corrected chi connectivity index (χ3v) is 8.67. The van der Waals surface area contributed by atoms with Gasteiger partial charge < -0.3 is 4.90 Å². The van der Waals surface area contributed by atoms with E-state index in [9.17, 15) is 21.6 Å². The molecule has 3 heterocycles. The standard InChI is InChI=1S/C25H23F3N4O2S2/c26-25(27,28)36(33,34)31-14-19-8-4-5-9-23(19)32(15-20-12-22-24(13-29-20)35-17-30-22)21(16-31)11-10-18-6-2-1-3-7-18/h1-9,12-13,17,21H,10-11,14-16H2/t21-/m0/s1. The minimum Gasteiger partial charge on any atom is -0.361 e. The molecule has 0 fully saturated rings. The van der Waals surface area contributed by atoms with Crippen LogP contribution in [0.3, 0.4) is 0 Å². The maximum Gasteiger partial charge on any atom is 0.511 e. The summed E-state index contributed by atoms with van der Waals surface area (Å²) in [5, 5.41) is 0. The SMILES string of the molecule is O=S(=O)(N1Cc2ccccc2N(Cc2cc3ncsc3cn2)[C@@H](CCc2ccccc2)C1)C(F)(F)F. The molecule has 5 rings (SSSR count). The van der Waals surface area contributed by atoms with Crippen LogP contribution in [-0.4, -0.2) is 40.8 Å². The molecule has 0 N–H and O–H groups in total. The highest BCUT2D eigenvalue weighted by molar-refractivity contribution is 7.89. The van der Waals surface area contributed by atoms with E-state index in [0.717, 1.165) is 15.8 Å². The van der Waals surface area contributed by atoms with Gasteiger partial charge in [0.15, 0.2) is 0 Å². The third-order valence-electron chi connectivity index (χ3n) is 6.35. The molecule has 188 valence electrons. The first-order chi connectivity index (χ1) is 17.2. The van der Waals surface area contributed by atoms with Crippen molar-refractivity contribution in [2.75, 3.05) is 11.4 Å². The Hall–Kier alpha value is -3.02. The van der Waals surface area contributed by atoms with E-state index in [0.29, 0.717) is 40.6 Å². The van der Waals surface area contributed by atoms with Crippen molar-refractivity contribution in [1.29, 1.82) is 0 Å². The molecule has 0 bridgehead atoms. The van der Waals surface area contributed by atoms with E-state index >= 15 is 0 Å². The third kappa shape index (κ3) is 4.95. The van der Waals surface area contributed by atoms with Crippen LogP contribution in [0.2, 0.25) is 0 Å². The van der Waals surface area contributed by atoms with Crippen molar-refractivity contribution in [2.24, 2.45) is 0 Å². The largest absolute Gasteiger partial charge is 0.511 e. The number of aryl methyl sites for hydroxylation is 1. The average molecular weight is 533 g/mol. The van der Waals surface area contributed by atoms with E-state index in [1.807, 2.05) is 53.4 Å². The molecule has 0 saturated carbocycles. The van der Waals surface area contributed by atoms with Crippen LogP contribution in [0.1, 0.15) is 23.2 Å². The maximum atomic E-state index is 13.6. The van der Waals surface area contributed by atoms with Gasteiger partial charge in [0, 0.05) is 31.0 Å². The summed E-state index contributed by atoms with van der Waals surface area (Å²) in [5.74, 6) is 0. The van der Waals surface area contributed by atoms with Crippen LogP contribution in [0.25, 0.3) is 10.2 Å². The number of sulfonamides is 1. The second-order valence-corrected chi connectivity index (χ2v) is 11.5. The minimum atomic E-state index is -5.52. The van der Waals surface area contributed by atoms with Crippen molar-refractivity contribution in [3.05, 3.63) is 89.2 Å². The quantitative estimate of drug-likeness (QED) is 0.334. The van der Waals surface area contributed by atoms with Gasteiger partial charge in [-0.15, -0.1) is 11.3 Å². The van der Waals surface area contributed by atoms with Gasteiger partial charge in [-0.3, -0.25) is 4.98 Å². The van der Waals surface area contributed by atoms with Crippen molar-refractivity contribution in [2.45, 2.75) is 37.5 Å². The van der Waals surface area contributed by atoms with Crippen LogP contribution < -0.4 is 4.90 Å². The molecule has 4 aromatic rings. The zero-order chi connectivity index (χ0) is 25.3. The Morgan fingerprint density at radius 3 is 2.56 bits per heavy atom. The average Bonchev–Trinajstić information content (AvgIpc) is 3.26. The van der Waals surface area contributed by atoms with Crippen LogP contribution in [0.5, 0.6) is 0 Å². The molecule has 1 aliphatic rings. The summed E-state index contributed by atoms with van der Waals surface area (Å²) in [6.45, 7) is -0.332. The second kappa shape index (κ2) is 9.79. The molecule has 36 heavy (non-hydrogen) atoms. The summed E-state index contributed by atoms with van der Waals surface area (Å²) >= 11 is 1.48. The number of rotatable bonds is 6. The molecule has 0 aliphatic carbocycles. The first-order valence-corrected chi connectivity index (χ1v) is 13.7. The molecule has 0 unspecified atom stereocenters. The van der Waals surface area contributed by atoms with Gasteiger partial charge in [0.05, 0.1) is 28.0 Å². The summed E-state index contributed by atoms with van der Waals surface area (Å²) < 4.78 is 67.4. The monoisotopic (exact) mass is 532 g/mol. The Labute approximate surface area is 211 Å². The lowest BCUT2D eigenvalue weighted by molar-refractivity contribution is -0.0492. The van der Waals surface area contributed by atoms with E-state index in [1.165, 1.54) is 11.3 Å². The van der Waals surface area contributed by atoms with Crippen LogP contribution >= 0.6 is 11.3 Å². The second-order valence-electron chi connectivity index (χ2n) is 8.67. The molecule has 0 spiro atoms. The Balaban J connectivity index is 1.55. The summed E-state index contributed by atoms with van der Waals surface area (Å²) in [4.78, 5) is 10.9. The number of pyridine rings is 1. The number of fused-ring (bicyclic) bond motifs is 2. The molecule has 0 amide bonds. The molecule has 11 heteroatoms. The van der Waals surface area contributed by atoms with Gasteiger partial charge in [-0.25, -0.2) is 13.4 Å². The van der Waals surface area contributed by atoms with E-state index in [4.69, 9.17) is 0 Å². The van der Waals surface area contributed by atoms with Crippen LogP contribution in [0, 0.1) is 0 Å². The number of thiazole rings is 1. The molecule has 0 radical (unpaired) electrons. The molecular formula is C25H23F3N4O2S2. The summed E-state index contributed by atoms with van der Waals surface area (Å²) in [7, 11) is -5.52. The van der Waals surface area contributed by atoms with Gasteiger partial charge in [0.1, 0.15) is 0 Å². The summed E-state index contributed by atoms with van der Waals surface area (Å²) in [6, 6.07) is 18.0. The van der Waals surface area contributed by atoms with Crippen molar-refractivity contribution in [1.82, 2.24) is 14.3 Å². The predicted octanol–water partition coefficient (Wildman–Crippen LogP) is 5.36. The molecule has 2 aromatic carbocycles. The zero-order valence-electron chi connectivity index (χ0n) is 19.1. The lowest BCUT2D eigenvalue weighted by atomic mass is 10.0. The Morgan fingerprint density at radius 2 is 1.78 bits per heavy atom. The van der Waals surface area contributed by atoms with Crippen LogP contribution in [-0.2, 0) is 29.5 Å². The van der Waals surface area contributed by atoms with Crippen molar-refractivity contribution < 1.29 is 21.6 Å². The van der Waals surface area contributed by atoms with Crippen molar-refractivity contribution in [3.8, 4) is 0 Å². The zero-order valence-corrected chi connectivity index (χ0v) is 20.7. The molecule has 6 nitrogen and oxygen atoms in total. The smallest absolute Gasteiger partial charge is 0.361 e. The lowest BCUT2D eigenvalue weighted by Crippen LogP contribution is -2.47. The Morgan fingerprint density at radius 1 is 1.03 bits per heavy atom. The molecule has 1 aliphatic heterocycles. The highest BCUT2D eigenvalue weighted by Gasteiger charge is 2.51. The van der Waals surface area contributed by atoms with Gasteiger partial charge in [-0.1, -0.05) is 48.5 Å². The fraction of sp³-hybridized carbons (Fsp3) is 0.280. The van der Waals surface area contributed by atoms with Crippen LogP contribution in [0.4, 0.5) is 18.9 Å². The molecule has 0 saturated heterocycles. The number of halogens is 3. The predicted molar refractivity (Wildman–Crippen MR) is 134 cm³/mol. The number of aromatic nitrogens is 2. The first-order valence-electron chi connectivity index (χ1n) is 11.4.